The number of nitrogens with zero attached hydrogens (tertiary/aromatic N) is 1. The Morgan fingerprint density at radius 3 is 2.92 bits per heavy atom. The van der Waals surface area contributed by atoms with E-state index >= 15 is 0 Å². The molecule has 2 aromatic rings. The Hall–Kier alpha value is -1.85. The van der Waals surface area contributed by atoms with E-state index in [2.05, 4.69) is 17.1 Å². The Morgan fingerprint density at radius 1 is 1.46 bits per heavy atom. The maximum atomic E-state index is 12.9. The van der Waals surface area contributed by atoms with Gasteiger partial charge in [0.15, 0.2) is 0 Å². The third-order valence-electron chi connectivity index (χ3n) is 5.30. The van der Waals surface area contributed by atoms with Crippen LogP contribution in [0.1, 0.15) is 31.5 Å². The molecule has 0 bridgehead atoms. The number of ether oxygens (including phenoxy) is 1. The van der Waals surface area contributed by atoms with Crippen LogP contribution >= 0.6 is 0 Å². The second kappa shape index (κ2) is 6.57. The normalized spacial score (nSPS) is 21.5. The number of nitrogens with one attached hydrogen (secondary N) is 1. The van der Waals surface area contributed by atoms with Crippen molar-refractivity contribution in [3.05, 3.63) is 35.5 Å². The first-order chi connectivity index (χ1) is 11.5. The summed E-state index contributed by atoms with van der Waals surface area (Å²) in [5, 5.41) is 10.7. The third kappa shape index (κ3) is 2.62. The van der Waals surface area contributed by atoms with Crippen molar-refractivity contribution in [3.63, 3.8) is 0 Å². The van der Waals surface area contributed by atoms with Gasteiger partial charge in [-0.05, 0) is 38.3 Å². The van der Waals surface area contributed by atoms with Gasteiger partial charge in [-0.1, -0.05) is 18.2 Å². The predicted octanol–water partition coefficient (Wildman–Crippen LogP) is 2.43. The number of hydrogen-bond donors (Lipinski definition) is 2. The van der Waals surface area contributed by atoms with Crippen molar-refractivity contribution in [1.82, 2.24) is 9.88 Å². The van der Waals surface area contributed by atoms with Crippen LogP contribution in [-0.4, -0.2) is 47.7 Å². The number of amides is 1. The van der Waals surface area contributed by atoms with E-state index in [9.17, 15) is 9.90 Å². The Kier molecular flexibility index (Phi) is 4.65. The van der Waals surface area contributed by atoms with E-state index in [0.717, 1.165) is 17.6 Å². The van der Waals surface area contributed by atoms with Crippen LogP contribution in [0, 0.1) is 5.92 Å². The largest absolute Gasteiger partial charge is 0.396 e. The minimum atomic E-state index is -0.754. The lowest BCUT2D eigenvalue weighted by molar-refractivity contribution is -0.154. The number of fused-ring (bicyclic) bond motifs is 3. The summed E-state index contributed by atoms with van der Waals surface area (Å²) >= 11 is 0. The molecule has 0 saturated heterocycles. The molecule has 2 atom stereocenters. The maximum absolute atomic E-state index is 12.9. The predicted molar refractivity (Wildman–Crippen MR) is 93.8 cm³/mol. The van der Waals surface area contributed by atoms with Gasteiger partial charge >= 0.3 is 0 Å². The van der Waals surface area contributed by atoms with Crippen molar-refractivity contribution in [1.29, 1.82) is 0 Å². The summed E-state index contributed by atoms with van der Waals surface area (Å²) in [5.74, 6) is -0.403. The number of hydrogen-bond acceptors (Lipinski definition) is 3. The molecular formula is C19H26N2O3. The molecule has 0 aliphatic carbocycles. The molecule has 24 heavy (non-hydrogen) atoms. The van der Waals surface area contributed by atoms with Crippen molar-refractivity contribution >= 4 is 16.8 Å². The first kappa shape index (κ1) is 17.0. The van der Waals surface area contributed by atoms with Crippen molar-refractivity contribution in [2.24, 2.45) is 5.92 Å². The third-order valence-corrected chi connectivity index (χ3v) is 5.30. The van der Waals surface area contributed by atoms with E-state index in [4.69, 9.17) is 4.74 Å². The fraction of sp³-hybridized carbons (Fsp3) is 0.526. The van der Waals surface area contributed by atoms with Crippen molar-refractivity contribution in [2.45, 2.75) is 32.3 Å². The molecular weight excluding hydrogens is 304 g/mol. The number of H-pyrrole nitrogens is 1. The van der Waals surface area contributed by atoms with Crippen LogP contribution in [0.15, 0.2) is 24.3 Å². The van der Waals surface area contributed by atoms with Gasteiger partial charge in [-0.3, -0.25) is 4.79 Å². The van der Waals surface area contributed by atoms with Crippen LogP contribution < -0.4 is 0 Å². The SMILES string of the molecule is CCN(C)C(=O)C(CCO)C1(C)OCCc2c1[nH]c1ccccc21. The average molecular weight is 330 g/mol. The van der Waals surface area contributed by atoms with Gasteiger partial charge in [-0.25, -0.2) is 0 Å². The van der Waals surface area contributed by atoms with Gasteiger partial charge in [0, 0.05) is 31.1 Å². The van der Waals surface area contributed by atoms with Crippen LogP contribution in [-0.2, 0) is 21.6 Å². The molecule has 1 aliphatic rings. The highest BCUT2D eigenvalue weighted by Crippen LogP contribution is 2.43. The standard InChI is InChI=1S/C19H26N2O3/c1-4-21(3)18(23)15(9-11-22)19(2)17-14(10-12-24-19)13-7-5-6-8-16(13)20-17/h5-8,15,20,22H,4,9-12H2,1-3H3. The quantitative estimate of drug-likeness (QED) is 0.885. The Labute approximate surface area is 142 Å². The van der Waals surface area contributed by atoms with E-state index in [1.807, 2.05) is 26.0 Å². The maximum Gasteiger partial charge on any atom is 0.228 e. The lowest BCUT2D eigenvalue weighted by Gasteiger charge is -2.41. The monoisotopic (exact) mass is 330 g/mol. The second-order valence-corrected chi connectivity index (χ2v) is 6.65. The number of carbonyl (C=O) groups excluding carboxylic acids is 1. The summed E-state index contributed by atoms with van der Waals surface area (Å²) in [6.07, 6.45) is 1.22. The summed E-state index contributed by atoms with van der Waals surface area (Å²) in [6, 6.07) is 8.20. The number of aromatic nitrogens is 1. The summed E-state index contributed by atoms with van der Waals surface area (Å²) in [6.45, 7) is 5.10. The van der Waals surface area contributed by atoms with Crippen LogP contribution in [0.3, 0.4) is 0 Å². The molecule has 2 unspecified atom stereocenters. The molecule has 3 rings (SSSR count). The van der Waals surface area contributed by atoms with E-state index in [1.54, 1.807) is 11.9 Å². The van der Waals surface area contributed by atoms with Crippen LogP contribution in [0.5, 0.6) is 0 Å². The fourth-order valence-electron chi connectivity index (χ4n) is 3.78. The number of rotatable bonds is 5. The first-order valence-electron chi connectivity index (χ1n) is 8.62. The van der Waals surface area contributed by atoms with Gasteiger partial charge in [0.2, 0.25) is 5.91 Å². The van der Waals surface area contributed by atoms with Crippen LogP contribution in [0.2, 0.25) is 0 Å². The molecule has 130 valence electrons. The van der Waals surface area contributed by atoms with E-state index in [1.165, 1.54) is 10.9 Å². The van der Waals surface area contributed by atoms with E-state index < -0.39 is 11.5 Å². The Balaban J connectivity index is 2.10. The number of aliphatic hydroxyl groups excluding tert-OH is 1. The highest BCUT2D eigenvalue weighted by molar-refractivity contribution is 5.86. The van der Waals surface area contributed by atoms with Crippen LogP contribution in [0.4, 0.5) is 0 Å². The second-order valence-electron chi connectivity index (χ2n) is 6.65. The van der Waals surface area contributed by atoms with Crippen molar-refractivity contribution in [3.8, 4) is 0 Å². The highest BCUT2D eigenvalue weighted by Gasteiger charge is 2.46. The zero-order valence-corrected chi connectivity index (χ0v) is 14.6. The smallest absolute Gasteiger partial charge is 0.228 e. The minimum absolute atomic E-state index is 0.0144. The summed E-state index contributed by atoms with van der Waals surface area (Å²) in [4.78, 5) is 18.1. The molecule has 2 heterocycles. The fourth-order valence-corrected chi connectivity index (χ4v) is 3.78. The van der Waals surface area contributed by atoms with Gasteiger partial charge in [0.05, 0.1) is 18.2 Å². The molecule has 2 N–H and O–H groups in total. The van der Waals surface area contributed by atoms with Gasteiger partial charge in [-0.15, -0.1) is 0 Å². The molecule has 0 saturated carbocycles. The molecule has 0 spiro atoms. The summed E-state index contributed by atoms with van der Waals surface area (Å²) in [5.41, 5.74) is 2.52. The number of aromatic amines is 1. The number of carbonyl (C=O) groups is 1. The number of aliphatic hydroxyl groups is 1. The van der Waals surface area contributed by atoms with E-state index in [-0.39, 0.29) is 12.5 Å². The molecule has 1 aromatic carbocycles. The zero-order valence-electron chi connectivity index (χ0n) is 14.6. The van der Waals surface area contributed by atoms with Gasteiger partial charge in [0.1, 0.15) is 5.60 Å². The highest BCUT2D eigenvalue weighted by atomic mass is 16.5. The molecule has 1 aliphatic heterocycles. The lowest BCUT2D eigenvalue weighted by Crippen LogP contribution is -2.48. The number of para-hydroxylation sites is 1. The molecule has 0 radical (unpaired) electrons. The molecule has 0 fully saturated rings. The molecule has 5 heteroatoms. The average Bonchev–Trinajstić information content (AvgIpc) is 2.99. The van der Waals surface area contributed by atoms with E-state index in [0.29, 0.717) is 19.6 Å². The van der Waals surface area contributed by atoms with Crippen molar-refractivity contribution < 1.29 is 14.6 Å². The zero-order chi connectivity index (χ0) is 17.3. The van der Waals surface area contributed by atoms with Crippen molar-refractivity contribution in [2.75, 3.05) is 26.8 Å². The molecule has 5 nitrogen and oxygen atoms in total. The Bertz CT molecular complexity index is 739. The van der Waals surface area contributed by atoms with Gasteiger partial charge < -0.3 is 19.7 Å². The topological polar surface area (TPSA) is 65.6 Å². The summed E-state index contributed by atoms with van der Waals surface area (Å²) in [7, 11) is 1.80. The molecule has 1 amide bonds. The summed E-state index contributed by atoms with van der Waals surface area (Å²) < 4.78 is 6.16. The first-order valence-corrected chi connectivity index (χ1v) is 8.62. The lowest BCUT2D eigenvalue weighted by atomic mass is 9.79. The van der Waals surface area contributed by atoms with Crippen LogP contribution in [0.25, 0.3) is 10.9 Å². The van der Waals surface area contributed by atoms with Gasteiger partial charge in [-0.2, -0.15) is 0 Å². The molecule has 1 aromatic heterocycles. The Morgan fingerprint density at radius 2 is 2.21 bits per heavy atom. The van der Waals surface area contributed by atoms with Gasteiger partial charge in [0.25, 0.3) is 0 Å². The number of benzene rings is 1. The minimum Gasteiger partial charge on any atom is -0.396 e.